The van der Waals surface area contributed by atoms with Crippen LogP contribution < -0.4 is 10.5 Å². The molecule has 0 aliphatic rings. The van der Waals surface area contributed by atoms with E-state index in [0.717, 1.165) is 6.42 Å². The number of benzene rings is 1. The van der Waals surface area contributed by atoms with E-state index >= 15 is 0 Å². The van der Waals surface area contributed by atoms with Crippen LogP contribution in [-0.2, 0) is 0 Å². The molecule has 1 aromatic rings. The summed E-state index contributed by atoms with van der Waals surface area (Å²) in [6.45, 7) is 4.52. The number of hydrogen-bond acceptors (Lipinski definition) is 2. The van der Waals surface area contributed by atoms with E-state index in [2.05, 4.69) is 0 Å². The van der Waals surface area contributed by atoms with E-state index in [1.54, 1.807) is 18.2 Å². The lowest BCUT2D eigenvalue weighted by atomic mass is 9.90. The molecule has 0 atom stereocenters. The van der Waals surface area contributed by atoms with Gasteiger partial charge >= 0.3 is 0 Å². The molecule has 0 unspecified atom stereocenters. The summed E-state index contributed by atoms with van der Waals surface area (Å²) in [5.41, 5.74) is 5.43. The number of nitrogens with two attached hydrogens (primary N) is 1. The molecule has 1 rings (SSSR count). The highest BCUT2D eigenvalue weighted by Gasteiger charge is 2.21. The third-order valence-corrected chi connectivity index (χ3v) is 3.85. The molecule has 1 aromatic carbocycles. The maximum atomic E-state index is 5.88. The Labute approximate surface area is 117 Å². The number of rotatable bonds is 5. The van der Waals surface area contributed by atoms with Crippen molar-refractivity contribution >= 4 is 40.4 Å². The summed E-state index contributed by atoms with van der Waals surface area (Å²) in [5.74, 6) is 0.693. The Morgan fingerprint density at radius 1 is 1.35 bits per heavy atom. The zero-order valence-electron chi connectivity index (χ0n) is 9.80. The summed E-state index contributed by atoms with van der Waals surface area (Å²) < 4.78 is 5.57. The lowest BCUT2D eigenvalue weighted by Gasteiger charge is -2.22. The molecule has 0 heterocycles. The Morgan fingerprint density at radius 3 is 2.53 bits per heavy atom. The van der Waals surface area contributed by atoms with E-state index in [1.807, 2.05) is 13.8 Å². The first-order valence-corrected chi connectivity index (χ1v) is 6.37. The van der Waals surface area contributed by atoms with Gasteiger partial charge in [-0.1, -0.05) is 49.3 Å². The van der Waals surface area contributed by atoms with E-state index in [-0.39, 0.29) is 5.41 Å². The standard InChI is InChI=1S/C12H15Cl2NOS/c1-12(2,11(15)17)5-6-16-8-3-4-9(13)10(14)7-8/h3-4,7H,5-6H2,1-2H3,(H2,15,17). The van der Waals surface area contributed by atoms with E-state index in [4.69, 9.17) is 45.9 Å². The normalized spacial score (nSPS) is 11.3. The van der Waals surface area contributed by atoms with Crippen LogP contribution in [-0.4, -0.2) is 11.6 Å². The average molecular weight is 292 g/mol. The Bertz CT molecular complexity index is 421. The van der Waals surface area contributed by atoms with Gasteiger partial charge in [0.2, 0.25) is 0 Å². The quantitative estimate of drug-likeness (QED) is 0.831. The second-order valence-corrected chi connectivity index (χ2v) is 5.68. The molecule has 0 aromatic heterocycles. The molecule has 0 saturated heterocycles. The van der Waals surface area contributed by atoms with Crippen LogP contribution in [0.5, 0.6) is 5.75 Å². The summed E-state index contributed by atoms with van der Waals surface area (Å²) in [6, 6.07) is 5.18. The van der Waals surface area contributed by atoms with Crippen molar-refractivity contribution in [1.29, 1.82) is 0 Å². The summed E-state index contributed by atoms with van der Waals surface area (Å²) in [6.07, 6.45) is 0.753. The Balaban J connectivity index is 2.51. The predicted molar refractivity (Wildman–Crippen MR) is 77.1 cm³/mol. The maximum absolute atomic E-state index is 5.88. The monoisotopic (exact) mass is 291 g/mol. The van der Waals surface area contributed by atoms with Gasteiger partial charge in [-0.3, -0.25) is 0 Å². The molecular weight excluding hydrogens is 277 g/mol. The van der Waals surface area contributed by atoms with E-state index in [1.165, 1.54) is 0 Å². The maximum Gasteiger partial charge on any atom is 0.120 e. The van der Waals surface area contributed by atoms with Crippen molar-refractivity contribution in [3.05, 3.63) is 28.2 Å². The highest BCUT2D eigenvalue weighted by molar-refractivity contribution is 7.80. The van der Waals surface area contributed by atoms with Crippen LogP contribution in [0.2, 0.25) is 10.0 Å². The van der Waals surface area contributed by atoms with Gasteiger partial charge in [0.05, 0.1) is 21.6 Å². The molecule has 5 heteroatoms. The fraction of sp³-hybridized carbons (Fsp3) is 0.417. The fourth-order valence-electron chi connectivity index (χ4n) is 1.11. The minimum atomic E-state index is -0.203. The van der Waals surface area contributed by atoms with Crippen molar-refractivity contribution in [2.24, 2.45) is 11.1 Å². The smallest absolute Gasteiger partial charge is 0.120 e. The first-order valence-electron chi connectivity index (χ1n) is 5.21. The van der Waals surface area contributed by atoms with Crippen LogP contribution in [0.4, 0.5) is 0 Å². The van der Waals surface area contributed by atoms with Gasteiger partial charge in [0.25, 0.3) is 0 Å². The zero-order valence-corrected chi connectivity index (χ0v) is 12.1. The molecule has 0 spiro atoms. The molecule has 2 N–H and O–H groups in total. The van der Waals surface area contributed by atoms with Crippen LogP contribution in [0.25, 0.3) is 0 Å². The van der Waals surface area contributed by atoms with Crippen LogP contribution in [0, 0.1) is 5.41 Å². The van der Waals surface area contributed by atoms with Gasteiger partial charge in [0, 0.05) is 11.5 Å². The summed E-state index contributed by atoms with van der Waals surface area (Å²) >= 11 is 16.7. The molecular formula is C12H15Cl2NOS. The Kier molecular flexibility index (Phi) is 5.04. The second kappa shape index (κ2) is 5.89. The number of thiocarbonyl (C=S) groups is 1. The molecule has 17 heavy (non-hydrogen) atoms. The van der Waals surface area contributed by atoms with E-state index in [9.17, 15) is 0 Å². The van der Waals surface area contributed by atoms with Gasteiger partial charge < -0.3 is 10.5 Å². The molecule has 0 fully saturated rings. The van der Waals surface area contributed by atoms with Crippen LogP contribution in [0.3, 0.4) is 0 Å². The second-order valence-electron chi connectivity index (χ2n) is 4.42. The van der Waals surface area contributed by atoms with Gasteiger partial charge in [-0.2, -0.15) is 0 Å². The summed E-state index contributed by atoms with van der Waals surface area (Å²) in [4.78, 5) is 0.496. The zero-order chi connectivity index (χ0) is 13.1. The van der Waals surface area contributed by atoms with Crippen molar-refractivity contribution < 1.29 is 4.74 Å². The average Bonchev–Trinajstić information content (AvgIpc) is 2.23. The first kappa shape index (κ1) is 14.6. The van der Waals surface area contributed by atoms with Crippen molar-refractivity contribution in [3.63, 3.8) is 0 Å². The largest absolute Gasteiger partial charge is 0.494 e. The molecule has 0 aliphatic heterocycles. The SMILES string of the molecule is CC(C)(CCOc1ccc(Cl)c(Cl)c1)C(N)=S. The minimum Gasteiger partial charge on any atom is -0.494 e. The number of halogens is 2. The Morgan fingerprint density at radius 2 is 2.00 bits per heavy atom. The van der Waals surface area contributed by atoms with Crippen molar-refractivity contribution in [3.8, 4) is 5.75 Å². The molecule has 0 aliphatic carbocycles. The van der Waals surface area contributed by atoms with Gasteiger partial charge in [-0.05, 0) is 18.6 Å². The highest BCUT2D eigenvalue weighted by atomic mass is 35.5. The summed E-state index contributed by atoms with van der Waals surface area (Å²) in [7, 11) is 0. The van der Waals surface area contributed by atoms with Crippen LogP contribution in [0.1, 0.15) is 20.3 Å². The van der Waals surface area contributed by atoms with Gasteiger partial charge in [0.1, 0.15) is 5.75 Å². The molecule has 0 bridgehead atoms. The molecule has 94 valence electrons. The van der Waals surface area contributed by atoms with Crippen molar-refractivity contribution in [1.82, 2.24) is 0 Å². The molecule has 0 saturated carbocycles. The Hall–Kier alpha value is -0.510. The highest BCUT2D eigenvalue weighted by Crippen LogP contribution is 2.27. The minimum absolute atomic E-state index is 0.203. The lowest BCUT2D eigenvalue weighted by molar-refractivity contribution is 0.270. The molecule has 0 radical (unpaired) electrons. The van der Waals surface area contributed by atoms with Crippen molar-refractivity contribution in [2.45, 2.75) is 20.3 Å². The number of ether oxygens (including phenoxy) is 1. The third kappa shape index (κ3) is 4.34. The van der Waals surface area contributed by atoms with Crippen LogP contribution >= 0.6 is 35.4 Å². The van der Waals surface area contributed by atoms with Crippen molar-refractivity contribution in [2.75, 3.05) is 6.61 Å². The predicted octanol–water partition coefficient (Wildman–Crippen LogP) is 4.07. The molecule has 2 nitrogen and oxygen atoms in total. The first-order chi connectivity index (χ1) is 7.83. The van der Waals surface area contributed by atoms with E-state index in [0.29, 0.717) is 27.4 Å². The van der Waals surface area contributed by atoms with Crippen LogP contribution in [0.15, 0.2) is 18.2 Å². The van der Waals surface area contributed by atoms with Gasteiger partial charge in [-0.15, -0.1) is 0 Å². The topological polar surface area (TPSA) is 35.2 Å². The fourth-order valence-corrected chi connectivity index (χ4v) is 1.50. The molecule has 0 amide bonds. The van der Waals surface area contributed by atoms with Gasteiger partial charge in [0.15, 0.2) is 0 Å². The summed E-state index contributed by atoms with van der Waals surface area (Å²) in [5, 5.41) is 1.00. The third-order valence-electron chi connectivity index (χ3n) is 2.55. The lowest BCUT2D eigenvalue weighted by Crippen LogP contribution is -2.31. The van der Waals surface area contributed by atoms with E-state index < -0.39 is 0 Å². The van der Waals surface area contributed by atoms with Gasteiger partial charge in [-0.25, -0.2) is 0 Å². The number of hydrogen-bond donors (Lipinski definition) is 1.